The van der Waals surface area contributed by atoms with E-state index in [4.69, 9.17) is 19.7 Å². The van der Waals surface area contributed by atoms with Crippen molar-refractivity contribution in [2.45, 2.75) is 25.7 Å². The van der Waals surface area contributed by atoms with Crippen LogP contribution < -0.4 is 15.2 Å². The van der Waals surface area contributed by atoms with Crippen molar-refractivity contribution in [2.24, 2.45) is 5.73 Å². The lowest BCUT2D eigenvalue weighted by Gasteiger charge is -2.33. The molecule has 0 saturated carbocycles. The number of nitrogens with zero attached hydrogens (tertiary/aromatic N) is 3. The number of aliphatic hydroxyl groups excluding tert-OH is 1. The maximum atomic E-state index is 10.5. The number of aromatic nitrogens is 2. The number of rotatable bonds is 5. The van der Waals surface area contributed by atoms with Crippen molar-refractivity contribution < 1.29 is 19.1 Å². The first-order valence-corrected chi connectivity index (χ1v) is 7.32. The molecule has 0 aliphatic carbocycles. The second-order valence-electron chi connectivity index (χ2n) is 5.36. The van der Waals surface area contributed by atoms with Crippen LogP contribution in [-0.4, -0.2) is 40.9 Å². The summed E-state index contributed by atoms with van der Waals surface area (Å²) in [6, 6.07) is 3.65. The monoisotopic (exact) mass is 356 g/mol. The van der Waals surface area contributed by atoms with Crippen LogP contribution in [0, 0.1) is 0 Å². The maximum Gasteiger partial charge on any atom is 0.240 e. The molecule has 1 aromatic carbocycles. The van der Waals surface area contributed by atoms with E-state index in [-0.39, 0.29) is 19.0 Å². The summed E-state index contributed by atoms with van der Waals surface area (Å²) >= 11 is 0. The minimum absolute atomic E-state index is 0. The van der Waals surface area contributed by atoms with Crippen LogP contribution in [0.4, 0.5) is 0 Å². The third kappa shape index (κ3) is 3.46. The number of hydrogen-bond acceptors (Lipinski definition) is 8. The summed E-state index contributed by atoms with van der Waals surface area (Å²) in [6.07, 6.45) is -0.676. The van der Waals surface area contributed by atoms with Gasteiger partial charge in [0.2, 0.25) is 5.89 Å². The van der Waals surface area contributed by atoms with Gasteiger partial charge in [-0.25, -0.2) is 0 Å². The van der Waals surface area contributed by atoms with Crippen molar-refractivity contribution in [1.29, 1.82) is 0 Å². The second-order valence-corrected chi connectivity index (χ2v) is 5.36. The number of β-amino-alcohol motifs (C(OH)–C–C–N with tert-alkyl or cyclic N) is 1. The molecule has 3 N–H and O–H groups in total. The fourth-order valence-corrected chi connectivity index (χ4v) is 2.90. The Bertz CT molecular complexity index is 694. The predicted molar refractivity (Wildman–Crippen MR) is 88.1 cm³/mol. The molecule has 1 unspecified atom stereocenters. The van der Waals surface area contributed by atoms with Gasteiger partial charge in [0, 0.05) is 24.2 Å². The van der Waals surface area contributed by atoms with E-state index in [1.807, 2.05) is 17.0 Å². The lowest BCUT2D eigenvalue weighted by Crippen LogP contribution is -2.34. The van der Waals surface area contributed by atoms with Crippen LogP contribution in [0.3, 0.4) is 0 Å². The molecular formula is C15H21ClN4O4. The molecular weight excluding hydrogens is 336 g/mol. The van der Waals surface area contributed by atoms with Crippen LogP contribution >= 0.6 is 12.4 Å². The summed E-state index contributed by atoms with van der Waals surface area (Å²) in [7, 11) is 3.20. The summed E-state index contributed by atoms with van der Waals surface area (Å²) in [5.74, 6) is 2.33. The maximum absolute atomic E-state index is 10.5. The van der Waals surface area contributed by atoms with Gasteiger partial charge in [0.25, 0.3) is 0 Å². The van der Waals surface area contributed by atoms with Crippen LogP contribution in [0.15, 0.2) is 16.7 Å². The lowest BCUT2D eigenvalue weighted by atomic mass is 9.95. The largest absolute Gasteiger partial charge is 0.496 e. The third-order valence-corrected chi connectivity index (χ3v) is 3.91. The summed E-state index contributed by atoms with van der Waals surface area (Å²) in [5, 5.41) is 14.4. The molecule has 24 heavy (non-hydrogen) atoms. The summed E-state index contributed by atoms with van der Waals surface area (Å²) in [5.41, 5.74) is 7.16. The zero-order valence-corrected chi connectivity index (χ0v) is 14.4. The molecule has 0 amide bonds. The van der Waals surface area contributed by atoms with Gasteiger partial charge in [0.05, 0.1) is 33.4 Å². The van der Waals surface area contributed by atoms with Crippen molar-refractivity contribution >= 4 is 12.4 Å². The molecule has 1 atom stereocenters. The molecule has 8 nitrogen and oxygen atoms in total. The average molecular weight is 357 g/mol. The minimum Gasteiger partial charge on any atom is -0.496 e. The van der Waals surface area contributed by atoms with Crippen molar-refractivity contribution in [2.75, 3.05) is 20.8 Å². The van der Waals surface area contributed by atoms with Crippen LogP contribution in [0.1, 0.15) is 28.9 Å². The number of ether oxygens (including phenoxy) is 2. The van der Waals surface area contributed by atoms with Crippen LogP contribution in [0.5, 0.6) is 11.5 Å². The number of halogens is 1. The highest BCUT2D eigenvalue weighted by Gasteiger charge is 2.30. The topological polar surface area (TPSA) is 107 Å². The first kappa shape index (κ1) is 18.5. The Morgan fingerprint density at radius 2 is 2.04 bits per heavy atom. The number of nitrogens with two attached hydrogens (primary N) is 1. The van der Waals surface area contributed by atoms with Gasteiger partial charge >= 0.3 is 0 Å². The van der Waals surface area contributed by atoms with Gasteiger partial charge < -0.3 is 24.8 Å². The third-order valence-electron chi connectivity index (χ3n) is 3.91. The molecule has 0 fully saturated rings. The van der Waals surface area contributed by atoms with E-state index in [1.54, 1.807) is 14.2 Å². The molecule has 1 aliphatic rings. The normalized spacial score (nSPS) is 17.1. The van der Waals surface area contributed by atoms with Crippen LogP contribution in [0.2, 0.25) is 0 Å². The van der Waals surface area contributed by atoms with Crippen molar-refractivity contribution in [1.82, 2.24) is 15.0 Å². The van der Waals surface area contributed by atoms with E-state index in [2.05, 4.69) is 10.1 Å². The number of benzene rings is 1. The Balaban J connectivity index is 0.00000208. The van der Waals surface area contributed by atoms with E-state index >= 15 is 0 Å². The molecule has 1 aromatic heterocycles. The molecule has 2 aromatic rings. The molecule has 2 heterocycles. The predicted octanol–water partition coefficient (Wildman–Crippen LogP) is 1.02. The highest BCUT2D eigenvalue weighted by Crippen LogP contribution is 2.39. The lowest BCUT2D eigenvalue weighted by molar-refractivity contribution is 0.0823. The summed E-state index contributed by atoms with van der Waals surface area (Å²) < 4.78 is 15.8. The van der Waals surface area contributed by atoms with Crippen molar-refractivity contribution in [3.8, 4) is 11.5 Å². The molecule has 3 rings (SSSR count). The van der Waals surface area contributed by atoms with Gasteiger partial charge in [-0.2, -0.15) is 4.98 Å². The van der Waals surface area contributed by atoms with E-state index in [9.17, 15) is 5.11 Å². The fraction of sp³-hybridized carbons (Fsp3) is 0.467. The molecule has 132 valence electrons. The minimum atomic E-state index is -0.676. The van der Waals surface area contributed by atoms with E-state index in [1.165, 1.54) is 0 Å². The molecule has 1 aliphatic heterocycles. The number of fused-ring (bicyclic) bond motifs is 1. The zero-order valence-electron chi connectivity index (χ0n) is 13.6. The first-order chi connectivity index (χ1) is 11.2. The summed E-state index contributed by atoms with van der Waals surface area (Å²) in [6.45, 7) is 1.71. The molecule has 0 bridgehead atoms. The van der Waals surface area contributed by atoms with Crippen molar-refractivity contribution in [3.63, 3.8) is 0 Å². The van der Waals surface area contributed by atoms with Crippen LogP contribution in [0.25, 0.3) is 0 Å². The highest BCUT2D eigenvalue weighted by atomic mass is 35.5. The van der Waals surface area contributed by atoms with Gasteiger partial charge in [0.1, 0.15) is 11.5 Å². The number of hydrogen-bond donors (Lipinski definition) is 2. The van der Waals surface area contributed by atoms with Gasteiger partial charge in [-0.15, -0.1) is 12.4 Å². The molecule has 0 spiro atoms. The van der Waals surface area contributed by atoms with Gasteiger partial charge in [0.15, 0.2) is 5.82 Å². The van der Waals surface area contributed by atoms with Crippen molar-refractivity contribution in [3.05, 3.63) is 35.0 Å². The zero-order chi connectivity index (χ0) is 16.4. The van der Waals surface area contributed by atoms with Gasteiger partial charge in [-0.3, -0.25) is 4.90 Å². The van der Waals surface area contributed by atoms with E-state index < -0.39 is 6.10 Å². The fourth-order valence-electron chi connectivity index (χ4n) is 2.90. The standard InChI is InChI=1S/C15H20N4O4.ClH/c1-21-11-3-4-12(22-2)15-9(11)6-19(7-10(15)20)8-13-17-14(5-16)23-18-13;/h3-4,10,20H,5-8,16H2,1-2H3;1H. The number of methoxy groups -OCH3 is 2. The first-order valence-electron chi connectivity index (χ1n) is 7.32. The molecule has 0 saturated heterocycles. The van der Waals surface area contributed by atoms with Crippen LogP contribution in [-0.2, 0) is 19.6 Å². The van der Waals surface area contributed by atoms with E-state index in [0.29, 0.717) is 37.1 Å². The Morgan fingerprint density at radius 1 is 1.33 bits per heavy atom. The average Bonchev–Trinajstić information content (AvgIpc) is 3.01. The second kappa shape index (κ2) is 7.80. The smallest absolute Gasteiger partial charge is 0.240 e. The summed E-state index contributed by atoms with van der Waals surface area (Å²) in [4.78, 5) is 6.23. The Morgan fingerprint density at radius 3 is 2.67 bits per heavy atom. The molecule has 0 radical (unpaired) electrons. The Kier molecular flexibility index (Phi) is 6.00. The number of aliphatic hydroxyl groups is 1. The Labute approximate surface area is 145 Å². The Hall–Kier alpha value is -1.87. The SMILES string of the molecule is COc1ccc(OC)c2c1CN(Cc1noc(CN)n1)CC2O.Cl. The quantitative estimate of drug-likeness (QED) is 0.817. The van der Waals surface area contributed by atoms with Gasteiger partial charge in [-0.05, 0) is 12.1 Å². The molecule has 9 heteroatoms. The van der Waals surface area contributed by atoms with Gasteiger partial charge in [-0.1, -0.05) is 5.16 Å². The highest BCUT2D eigenvalue weighted by molar-refractivity contribution is 5.85. The van der Waals surface area contributed by atoms with E-state index in [0.717, 1.165) is 16.9 Å².